The van der Waals surface area contributed by atoms with Gasteiger partial charge in [0.1, 0.15) is 43.2 Å². The number of carbonyl (C=O) groups is 2. The van der Waals surface area contributed by atoms with Gasteiger partial charge in [-0.1, -0.05) is 165 Å². The molecule has 0 spiro atoms. The van der Waals surface area contributed by atoms with E-state index in [9.17, 15) is 44.6 Å². The smallest absolute Gasteiger partial charge is 0.462 e. The van der Waals surface area contributed by atoms with Gasteiger partial charge in [-0.25, -0.2) is 4.57 Å². The van der Waals surface area contributed by atoms with Gasteiger partial charge in [-0.15, -0.1) is 0 Å². The van der Waals surface area contributed by atoms with Gasteiger partial charge in [-0.3, -0.25) is 18.6 Å². The van der Waals surface area contributed by atoms with Crippen molar-refractivity contribution in [2.75, 3.05) is 13.2 Å². The summed E-state index contributed by atoms with van der Waals surface area (Å²) in [7, 11) is -5.12. The summed E-state index contributed by atoms with van der Waals surface area (Å²) in [5.74, 6) is -1.13. The van der Waals surface area contributed by atoms with Crippen LogP contribution in [0.15, 0.2) is 48.6 Å². The van der Waals surface area contributed by atoms with Crippen LogP contribution in [0.5, 0.6) is 0 Å². The van der Waals surface area contributed by atoms with Crippen LogP contribution in [0.2, 0.25) is 0 Å². The van der Waals surface area contributed by atoms with Crippen molar-refractivity contribution >= 4 is 19.8 Å². The predicted octanol–water partition coefficient (Wildman–Crippen LogP) is 8.00. The van der Waals surface area contributed by atoms with Crippen molar-refractivity contribution in [3.63, 3.8) is 0 Å². The standard InChI is InChI=1S/C44H77O13P/c1-3-5-7-9-11-13-15-17-19-21-22-24-26-28-30-32-37(45)54-34-36(35-55-58(52,53)57-44-42(50)40(48)39(47)41(49)43(44)51)56-38(46)33-31-29-27-25-23-20-18-16-14-12-10-8-6-4-2/h5,7,9,11,13,15,17,19,36,39-44,47-51H,3-4,6,8,10,12,14,16,18,20-35H2,1-2H3,(H,52,53)/b7-5+,11-9+,15-13+,19-17+/t36-,39?,40-,41?,42?,43?,44?/m0/s1. The van der Waals surface area contributed by atoms with Gasteiger partial charge in [0, 0.05) is 12.8 Å². The fourth-order valence-electron chi connectivity index (χ4n) is 6.47. The average Bonchev–Trinajstić information content (AvgIpc) is 3.20. The van der Waals surface area contributed by atoms with Crippen LogP contribution in [0.4, 0.5) is 0 Å². The molecule has 0 amide bonds. The van der Waals surface area contributed by atoms with E-state index in [1.807, 2.05) is 36.5 Å². The molecule has 6 N–H and O–H groups in total. The minimum absolute atomic E-state index is 0.0924. The number of carbonyl (C=O) groups excluding carboxylic acids is 2. The lowest BCUT2D eigenvalue weighted by molar-refractivity contribution is -0.220. The summed E-state index contributed by atoms with van der Waals surface area (Å²) < 4.78 is 33.5. The predicted molar refractivity (Wildman–Crippen MR) is 226 cm³/mol. The van der Waals surface area contributed by atoms with Crippen LogP contribution < -0.4 is 0 Å². The van der Waals surface area contributed by atoms with E-state index in [2.05, 4.69) is 26.0 Å². The molecular weight excluding hydrogens is 767 g/mol. The van der Waals surface area contributed by atoms with Crippen LogP contribution in [0, 0.1) is 0 Å². The molecule has 8 atom stereocenters. The van der Waals surface area contributed by atoms with Crippen molar-refractivity contribution in [1.29, 1.82) is 0 Å². The van der Waals surface area contributed by atoms with Gasteiger partial charge in [0.2, 0.25) is 0 Å². The van der Waals surface area contributed by atoms with Crippen LogP contribution in [-0.2, 0) is 32.7 Å². The second-order valence-corrected chi connectivity index (χ2v) is 16.7. The third-order valence-electron chi connectivity index (χ3n) is 10.0. The number of hydrogen-bond acceptors (Lipinski definition) is 12. The molecule has 1 fully saturated rings. The molecule has 1 aliphatic carbocycles. The van der Waals surface area contributed by atoms with E-state index in [-0.39, 0.29) is 12.8 Å². The van der Waals surface area contributed by atoms with E-state index >= 15 is 0 Å². The quantitative estimate of drug-likeness (QED) is 0.0155. The van der Waals surface area contributed by atoms with Gasteiger partial charge >= 0.3 is 19.8 Å². The lowest BCUT2D eigenvalue weighted by Gasteiger charge is -2.41. The molecule has 0 aromatic heterocycles. The van der Waals surface area contributed by atoms with Crippen molar-refractivity contribution in [2.24, 2.45) is 0 Å². The molecule has 14 heteroatoms. The Kier molecular flexibility index (Phi) is 32.0. The molecule has 0 saturated heterocycles. The Balaban J connectivity index is 2.50. The first-order chi connectivity index (χ1) is 27.9. The van der Waals surface area contributed by atoms with E-state index in [1.54, 1.807) is 0 Å². The maximum Gasteiger partial charge on any atom is 0.472 e. The van der Waals surface area contributed by atoms with Crippen molar-refractivity contribution in [1.82, 2.24) is 0 Å². The molecule has 1 saturated carbocycles. The number of phosphoric ester groups is 1. The molecule has 0 aliphatic heterocycles. The zero-order chi connectivity index (χ0) is 42.9. The van der Waals surface area contributed by atoms with Crippen LogP contribution in [0.25, 0.3) is 0 Å². The summed E-state index contributed by atoms with van der Waals surface area (Å²) in [4.78, 5) is 35.6. The van der Waals surface area contributed by atoms with Gasteiger partial charge < -0.3 is 39.9 Å². The van der Waals surface area contributed by atoms with Gasteiger partial charge in [0.05, 0.1) is 6.61 Å². The van der Waals surface area contributed by atoms with Crippen molar-refractivity contribution in [3.05, 3.63) is 48.6 Å². The van der Waals surface area contributed by atoms with Crippen LogP contribution in [0.1, 0.15) is 162 Å². The van der Waals surface area contributed by atoms with Gasteiger partial charge in [0.25, 0.3) is 0 Å². The first kappa shape index (κ1) is 53.8. The minimum Gasteiger partial charge on any atom is -0.462 e. The molecule has 0 heterocycles. The Morgan fingerprint density at radius 3 is 1.50 bits per heavy atom. The number of phosphoric acid groups is 1. The SMILES string of the molecule is CC/C=C/C=C/C=C/C=C/CCCCCCCC(=O)OC[C@@H](COP(=O)(O)OC1C(O)C(O)C(O)[C@H](O)C1O)OC(=O)CCCCCCCCCCCCCCCC. The third kappa shape index (κ3) is 26.8. The summed E-state index contributed by atoms with van der Waals surface area (Å²) in [6.07, 6.45) is 26.0. The Bertz CT molecular complexity index is 1210. The first-order valence-corrected chi connectivity index (χ1v) is 23.5. The highest BCUT2D eigenvalue weighted by molar-refractivity contribution is 7.47. The highest BCUT2D eigenvalue weighted by atomic mass is 31.2. The summed E-state index contributed by atoms with van der Waals surface area (Å²) in [6.45, 7) is 3.13. The number of ether oxygens (including phenoxy) is 2. The Labute approximate surface area is 348 Å². The number of unbranched alkanes of at least 4 members (excludes halogenated alkanes) is 18. The number of hydrogen-bond donors (Lipinski definition) is 6. The Morgan fingerprint density at radius 2 is 0.983 bits per heavy atom. The second-order valence-electron chi connectivity index (χ2n) is 15.3. The molecule has 0 aromatic rings. The number of aliphatic hydroxyl groups excluding tert-OH is 5. The fourth-order valence-corrected chi connectivity index (χ4v) is 7.45. The van der Waals surface area contributed by atoms with Gasteiger partial charge in [0.15, 0.2) is 6.10 Å². The number of aliphatic hydroxyl groups is 5. The van der Waals surface area contributed by atoms with Gasteiger partial charge in [-0.05, 0) is 32.1 Å². The molecule has 336 valence electrons. The molecule has 13 nitrogen and oxygen atoms in total. The number of rotatable bonds is 35. The summed E-state index contributed by atoms with van der Waals surface area (Å²) in [5, 5.41) is 50.1. The summed E-state index contributed by atoms with van der Waals surface area (Å²) in [6, 6.07) is 0. The molecule has 6 unspecified atom stereocenters. The van der Waals surface area contributed by atoms with Gasteiger partial charge in [-0.2, -0.15) is 0 Å². The van der Waals surface area contributed by atoms with E-state index in [0.29, 0.717) is 12.8 Å². The Hall–Kier alpha value is -2.19. The maximum absolute atomic E-state index is 12.8. The van der Waals surface area contributed by atoms with Crippen LogP contribution in [-0.4, -0.2) is 98.3 Å². The second kappa shape index (κ2) is 34.5. The molecule has 0 aromatic carbocycles. The van der Waals surface area contributed by atoms with Crippen molar-refractivity contribution in [3.8, 4) is 0 Å². The minimum atomic E-state index is -5.12. The highest BCUT2D eigenvalue weighted by Gasteiger charge is 2.51. The molecule has 0 bridgehead atoms. The average molecular weight is 845 g/mol. The number of esters is 2. The van der Waals surface area contributed by atoms with E-state index in [1.165, 1.54) is 57.8 Å². The highest BCUT2D eigenvalue weighted by Crippen LogP contribution is 2.47. The van der Waals surface area contributed by atoms with E-state index < -0.39 is 75.7 Å². The zero-order valence-electron chi connectivity index (χ0n) is 35.3. The molecule has 0 radical (unpaired) electrons. The Morgan fingerprint density at radius 1 is 0.552 bits per heavy atom. The van der Waals surface area contributed by atoms with Crippen LogP contribution >= 0.6 is 7.82 Å². The van der Waals surface area contributed by atoms with Crippen molar-refractivity contribution < 1.29 is 63.1 Å². The zero-order valence-corrected chi connectivity index (χ0v) is 36.2. The molecule has 1 aliphatic rings. The lowest BCUT2D eigenvalue weighted by Crippen LogP contribution is -2.64. The van der Waals surface area contributed by atoms with Crippen LogP contribution in [0.3, 0.4) is 0 Å². The monoisotopic (exact) mass is 845 g/mol. The maximum atomic E-state index is 12.8. The molecule has 58 heavy (non-hydrogen) atoms. The van der Waals surface area contributed by atoms with E-state index in [4.69, 9.17) is 18.5 Å². The molecular formula is C44H77O13P. The van der Waals surface area contributed by atoms with E-state index in [0.717, 1.165) is 64.2 Å². The summed E-state index contributed by atoms with van der Waals surface area (Å²) in [5.41, 5.74) is 0. The normalized spacial score (nSPS) is 23.0. The topological polar surface area (TPSA) is 210 Å². The van der Waals surface area contributed by atoms with Crippen molar-refractivity contribution in [2.45, 2.75) is 204 Å². The first-order valence-electron chi connectivity index (χ1n) is 22.0. The lowest BCUT2D eigenvalue weighted by atomic mass is 9.85. The number of allylic oxidation sites excluding steroid dienone is 8. The largest absolute Gasteiger partial charge is 0.472 e. The fraction of sp³-hybridized carbons (Fsp3) is 0.773. The summed E-state index contributed by atoms with van der Waals surface area (Å²) >= 11 is 0. The third-order valence-corrected chi connectivity index (χ3v) is 11.0. The molecule has 1 rings (SSSR count).